The zero-order valence-corrected chi connectivity index (χ0v) is 21.9. The van der Waals surface area contributed by atoms with Gasteiger partial charge in [-0.25, -0.2) is 0 Å². The molecule has 9 nitrogen and oxygen atoms in total. The molecule has 3 rings (SSSR count). The summed E-state index contributed by atoms with van der Waals surface area (Å²) in [5.74, 6) is 0.276. The van der Waals surface area contributed by atoms with Crippen LogP contribution in [-0.2, 0) is 14.3 Å². The molecule has 0 aromatic heterocycles. The van der Waals surface area contributed by atoms with Gasteiger partial charge in [0, 0.05) is 50.8 Å². The van der Waals surface area contributed by atoms with Crippen molar-refractivity contribution < 1.29 is 23.9 Å². The number of benzene rings is 1. The van der Waals surface area contributed by atoms with Crippen molar-refractivity contribution in [2.45, 2.75) is 45.3 Å². The zero-order valence-electron chi connectivity index (χ0n) is 21.9. The Balaban J connectivity index is 1.91. The molecule has 1 N–H and O–H groups in total. The van der Waals surface area contributed by atoms with Gasteiger partial charge in [0.1, 0.15) is 12.4 Å². The summed E-state index contributed by atoms with van der Waals surface area (Å²) in [7, 11) is 7.11. The van der Waals surface area contributed by atoms with Crippen LogP contribution in [0.2, 0.25) is 0 Å². The Hall–Kier alpha value is -2.65. The first-order valence-corrected chi connectivity index (χ1v) is 12.4. The summed E-state index contributed by atoms with van der Waals surface area (Å²) < 4.78 is 11.9. The van der Waals surface area contributed by atoms with Gasteiger partial charge in [0.05, 0.1) is 24.3 Å². The van der Waals surface area contributed by atoms with Gasteiger partial charge in [0.25, 0.3) is 5.91 Å². The number of nitrogens with one attached hydrogen (secondary N) is 1. The van der Waals surface area contributed by atoms with Gasteiger partial charge < -0.3 is 29.5 Å². The standard InChI is InChI=1S/C26H40N4O5/c1-17-13-30(24(31)15-28(3)4)18(2)16-35-22-12-20(27-25(32)19-8-7-9-19)10-11-21(22)26(33)29(5)14-23(17)34-6/h10-12,17-19,23H,7-9,13-16H2,1-6H3,(H,27,32)/t17-,18+,23-/m1/s1. The summed E-state index contributed by atoms with van der Waals surface area (Å²) in [6.45, 7) is 5.35. The first kappa shape index (κ1) is 26.9. The minimum Gasteiger partial charge on any atom is -0.491 e. The quantitative estimate of drug-likeness (QED) is 0.684. The molecule has 1 aromatic rings. The minimum absolute atomic E-state index is 0.00134. The van der Waals surface area contributed by atoms with E-state index in [4.69, 9.17) is 9.47 Å². The van der Waals surface area contributed by atoms with Crippen LogP contribution in [0, 0.1) is 11.8 Å². The van der Waals surface area contributed by atoms with Crippen LogP contribution in [0.15, 0.2) is 18.2 Å². The summed E-state index contributed by atoms with van der Waals surface area (Å²) >= 11 is 0. The summed E-state index contributed by atoms with van der Waals surface area (Å²) in [5.41, 5.74) is 1.01. The van der Waals surface area contributed by atoms with E-state index in [1.54, 1.807) is 37.3 Å². The number of ether oxygens (including phenoxy) is 2. The van der Waals surface area contributed by atoms with Crippen molar-refractivity contribution in [2.24, 2.45) is 11.8 Å². The molecule has 0 unspecified atom stereocenters. The van der Waals surface area contributed by atoms with E-state index in [-0.39, 0.29) is 48.3 Å². The molecule has 194 valence electrons. The van der Waals surface area contributed by atoms with Crippen LogP contribution < -0.4 is 10.1 Å². The molecular weight excluding hydrogens is 448 g/mol. The molecule has 35 heavy (non-hydrogen) atoms. The molecule has 0 radical (unpaired) electrons. The van der Waals surface area contributed by atoms with Crippen molar-refractivity contribution in [3.05, 3.63) is 23.8 Å². The third-order valence-electron chi connectivity index (χ3n) is 6.96. The zero-order chi connectivity index (χ0) is 25.7. The highest BCUT2D eigenvalue weighted by atomic mass is 16.5. The van der Waals surface area contributed by atoms with E-state index < -0.39 is 0 Å². The van der Waals surface area contributed by atoms with Crippen molar-refractivity contribution in [1.29, 1.82) is 0 Å². The summed E-state index contributed by atoms with van der Waals surface area (Å²) in [6.07, 6.45) is 2.65. The third kappa shape index (κ3) is 6.73. The SMILES string of the molecule is CO[C@@H]1CN(C)C(=O)c2ccc(NC(=O)C3CCC3)cc2OC[C@H](C)N(C(=O)CN(C)C)C[C@H]1C. The van der Waals surface area contributed by atoms with E-state index in [0.29, 0.717) is 36.6 Å². The smallest absolute Gasteiger partial charge is 0.257 e. The molecule has 1 heterocycles. The van der Waals surface area contributed by atoms with Crippen LogP contribution in [0.3, 0.4) is 0 Å². The predicted molar refractivity (Wildman–Crippen MR) is 135 cm³/mol. The average Bonchev–Trinajstić information content (AvgIpc) is 2.76. The summed E-state index contributed by atoms with van der Waals surface area (Å²) in [5, 5.41) is 2.95. The number of likely N-dealkylation sites (N-methyl/N-ethyl adjacent to an activating group) is 2. The second-order valence-corrected chi connectivity index (χ2v) is 10.2. The molecule has 3 amide bonds. The molecule has 1 aliphatic carbocycles. The van der Waals surface area contributed by atoms with Crippen molar-refractivity contribution >= 4 is 23.4 Å². The number of nitrogens with zero attached hydrogens (tertiary/aromatic N) is 3. The molecule has 0 saturated heterocycles. The van der Waals surface area contributed by atoms with Crippen LogP contribution in [0.4, 0.5) is 5.69 Å². The Kier molecular flexibility index (Phi) is 9.13. The fourth-order valence-corrected chi connectivity index (χ4v) is 4.47. The molecule has 2 aliphatic rings. The number of fused-ring (bicyclic) bond motifs is 1. The summed E-state index contributed by atoms with van der Waals surface area (Å²) in [4.78, 5) is 44.2. The fraction of sp³-hybridized carbons (Fsp3) is 0.654. The minimum atomic E-state index is -0.240. The molecule has 0 bridgehead atoms. The number of hydrogen-bond donors (Lipinski definition) is 1. The summed E-state index contributed by atoms with van der Waals surface area (Å²) in [6, 6.07) is 4.92. The molecule has 1 aliphatic heterocycles. The van der Waals surface area contributed by atoms with Crippen LogP contribution in [0.25, 0.3) is 0 Å². The number of amides is 3. The number of rotatable bonds is 5. The third-order valence-corrected chi connectivity index (χ3v) is 6.96. The van der Waals surface area contributed by atoms with Gasteiger partial charge in [-0.2, -0.15) is 0 Å². The van der Waals surface area contributed by atoms with Crippen LogP contribution in [0.5, 0.6) is 5.75 Å². The maximum absolute atomic E-state index is 13.3. The predicted octanol–water partition coefficient (Wildman–Crippen LogP) is 2.32. The van der Waals surface area contributed by atoms with E-state index in [0.717, 1.165) is 19.3 Å². The fourth-order valence-electron chi connectivity index (χ4n) is 4.47. The first-order valence-electron chi connectivity index (χ1n) is 12.4. The second-order valence-electron chi connectivity index (χ2n) is 10.2. The van der Waals surface area contributed by atoms with Crippen molar-refractivity contribution in [2.75, 3.05) is 59.8 Å². The van der Waals surface area contributed by atoms with E-state index in [1.165, 1.54) is 0 Å². The molecule has 1 saturated carbocycles. The van der Waals surface area contributed by atoms with Gasteiger partial charge in [0.2, 0.25) is 11.8 Å². The lowest BCUT2D eigenvalue weighted by molar-refractivity contribution is -0.136. The monoisotopic (exact) mass is 488 g/mol. The topological polar surface area (TPSA) is 91.4 Å². The number of carbonyl (C=O) groups is 3. The molecule has 0 spiro atoms. The van der Waals surface area contributed by atoms with Gasteiger partial charge in [-0.05, 0) is 46.0 Å². The number of methoxy groups -OCH3 is 1. The van der Waals surface area contributed by atoms with Gasteiger partial charge in [-0.1, -0.05) is 13.3 Å². The lowest BCUT2D eigenvalue weighted by Gasteiger charge is -2.36. The Morgan fingerprint density at radius 1 is 1.20 bits per heavy atom. The Morgan fingerprint density at radius 2 is 1.91 bits per heavy atom. The Morgan fingerprint density at radius 3 is 2.51 bits per heavy atom. The number of anilines is 1. The second kappa shape index (κ2) is 11.9. The van der Waals surface area contributed by atoms with Crippen molar-refractivity contribution in [3.63, 3.8) is 0 Å². The highest BCUT2D eigenvalue weighted by Crippen LogP contribution is 2.30. The molecule has 3 atom stereocenters. The molecular formula is C26H40N4O5. The van der Waals surface area contributed by atoms with Gasteiger partial charge in [0.15, 0.2) is 0 Å². The lowest BCUT2D eigenvalue weighted by atomic mass is 9.85. The van der Waals surface area contributed by atoms with Crippen molar-refractivity contribution in [3.8, 4) is 5.75 Å². The van der Waals surface area contributed by atoms with Crippen molar-refractivity contribution in [1.82, 2.24) is 14.7 Å². The van der Waals surface area contributed by atoms with Gasteiger partial charge >= 0.3 is 0 Å². The van der Waals surface area contributed by atoms with E-state index >= 15 is 0 Å². The lowest BCUT2D eigenvalue weighted by Crippen LogP contribution is -2.50. The first-order chi connectivity index (χ1) is 16.6. The van der Waals surface area contributed by atoms with Crippen LogP contribution in [0.1, 0.15) is 43.5 Å². The highest BCUT2D eigenvalue weighted by Gasteiger charge is 2.31. The maximum atomic E-state index is 13.3. The van der Waals surface area contributed by atoms with Gasteiger partial charge in [-0.3, -0.25) is 14.4 Å². The largest absolute Gasteiger partial charge is 0.491 e. The Labute approximate surface area is 208 Å². The van der Waals surface area contributed by atoms with E-state index in [1.807, 2.05) is 37.7 Å². The van der Waals surface area contributed by atoms with Gasteiger partial charge in [-0.15, -0.1) is 0 Å². The van der Waals surface area contributed by atoms with Crippen LogP contribution >= 0.6 is 0 Å². The van der Waals surface area contributed by atoms with Crippen LogP contribution in [-0.4, -0.2) is 99.1 Å². The highest BCUT2D eigenvalue weighted by molar-refractivity contribution is 5.99. The molecule has 1 fully saturated rings. The van der Waals surface area contributed by atoms with E-state index in [9.17, 15) is 14.4 Å². The number of carbonyl (C=O) groups excluding carboxylic acids is 3. The molecule has 1 aromatic carbocycles. The number of hydrogen-bond acceptors (Lipinski definition) is 6. The molecule has 9 heteroatoms. The van der Waals surface area contributed by atoms with E-state index in [2.05, 4.69) is 5.32 Å². The Bertz CT molecular complexity index is 917. The maximum Gasteiger partial charge on any atom is 0.257 e. The normalized spacial score (nSPS) is 24.1. The average molecular weight is 489 g/mol.